The maximum Gasteiger partial charge on any atom is 0.314 e. The second-order valence-corrected chi connectivity index (χ2v) is 4.37. The lowest BCUT2D eigenvalue weighted by molar-refractivity contribution is -0.384. The highest BCUT2D eigenvalue weighted by Gasteiger charge is 2.20. The van der Waals surface area contributed by atoms with Crippen LogP contribution in [0.25, 0.3) is 0 Å². The highest BCUT2D eigenvalue weighted by Crippen LogP contribution is 2.22. The van der Waals surface area contributed by atoms with Crippen LogP contribution < -0.4 is 4.74 Å². The molecule has 0 saturated carbocycles. The molecule has 2 aromatic rings. The summed E-state index contributed by atoms with van der Waals surface area (Å²) < 4.78 is 5.39. The van der Waals surface area contributed by atoms with Crippen LogP contribution in [0, 0.1) is 10.1 Å². The number of nitro groups is 1. The molecular formula is C15H13NO5. The predicted octanol–water partition coefficient (Wildman–Crippen LogP) is 2.84. The zero-order valence-corrected chi connectivity index (χ0v) is 11.0. The highest BCUT2D eigenvalue weighted by molar-refractivity contribution is 5.76. The molecule has 0 saturated heterocycles. The van der Waals surface area contributed by atoms with Gasteiger partial charge in [-0.05, 0) is 11.6 Å². The van der Waals surface area contributed by atoms with Gasteiger partial charge >= 0.3 is 5.97 Å². The number of non-ortho nitro benzene ring substituents is 1. The van der Waals surface area contributed by atoms with E-state index < -0.39 is 16.8 Å². The van der Waals surface area contributed by atoms with Gasteiger partial charge in [0.15, 0.2) is 0 Å². The van der Waals surface area contributed by atoms with Gasteiger partial charge in [0.2, 0.25) is 0 Å². The predicted molar refractivity (Wildman–Crippen MR) is 75.4 cm³/mol. The van der Waals surface area contributed by atoms with Gasteiger partial charge in [-0.2, -0.15) is 0 Å². The second-order valence-electron chi connectivity index (χ2n) is 4.37. The Morgan fingerprint density at radius 3 is 2.52 bits per heavy atom. The van der Waals surface area contributed by atoms with Crippen molar-refractivity contribution < 1.29 is 19.6 Å². The van der Waals surface area contributed by atoms with Gasteiger partial charge in [0.25, 0.3) is 5.69 Å². The molecule has 0 amide bonds. The van der Waals surface area contributed by atoms with Crippen molar-refractivity contribution in [1.29, 1.82) is 0 Å². The molecule has 1 unspecified atom stereocenters. The van der Waals surface area contributed by atoms with Crippen LogP contribution in [-0.4, -0.2) is 22.6 Å². The lowest BCUT2D eigenvalue weighted by Gasteiger charge is -2.14. The van der Waals surface area contributed by atoms with Gasteiger partial charge in [-0.15, -0.1) is 0 Å². The highest BCUT2D eigenvalue weighted by atomic mass is 16.6. The lowest BCUT2D eigenvalue weighted by atomic mass is 10.0. The molecule has 2 aromatic carbocycles. The fraction of sp³-hybridized carbons (Fsp3) is 0.133. The Balaban J connectivity index is 2.11. The molecule has 2 rings (SSSR count). The maximum absolute atomic E-state index is 11.3. The average Bonchev–Trinajstić information content (AvgIpc) is 2.48. The quantitative estimate of drug-likeness (QED) is 0.651. The van der Waals surface area contributed by atoms with Crippen molar-refractivity contribution in [2.24, 2.45) is 0 Å². The van der Waals surface area contributed by atoms with Gasteiger partial charge < -0.3 is 9.84 Å². The topological polar surface area (TPSA) is 89.7 Å². The van der Waals surface area contributed by atoms with Crippen LogP contribution in [0.15, 0.2) is 54.6 Å². The number of rotatable bonds is 6. The molecule has 1 atom stereocenters. The Bertz CT molecular complexity index is 642. The van der Waals surface area contributed by atoms with E-state index in [1.165, 1.54) is 18.2 Å². The molecule has 6 heteroatoms. The number of carboxylic acid groups (broad SMARTS) is 1. The van der Waals surface area contributed by atoms with Crippen molar-refractivity contribution in [2.75, 3.05) is 6.61 Å². The smallest absolute Gasteiger partial charge is 0.314 e. The summed E-state index contributed by atoms with van der Waals surface area (Å²) in [5, 5.41) is 19.9. The summed E-state index contributed by atoms with van der Waals surface area (Å²) in [6, 6.07) is 14.4. The molecule has 0 radical (unpaired) electrons. The molecule has 0 aliphatic carbocycles. The van der Waals surface area contributed by atoms with Crippen molar-refractivity contribution in [3.05, 3.63) is 70.3 Å². The number of carbonyl (C=O) groups is 1. The van der Waals surface area contributed by atoms with Crippen molar-refractivity contribution in [3.63, 3.8) is 0 Å². The number of nitrogens with zero attached hydrogens (tertiary/aromatic N) is 1. The lowest BCUT2D eigenvalue weighted by Crippen LogP contribution is -2.19. The standard InChI is InChI=1S/C15H13NO5/c17-15(18)14(11-5-2-1-3-6-11)10-21-13-8-4-7-12(9-13)16(19)20/h1-9,14H,10H2,(H,17,18). The fourth-order valence-corrected chi connectivity index (χ4v) is 1.86. The van der Waals surface area contributed by atoms with Crippen molar-refractivity contribution >= 4 is 11.7 Å². The molecule has 6 nitrogen and oxygen atoms in total. The average molecular weight is 287 g/mol. The van der Waals surface area contributed by atoms with E-state index in [2.05, 4.69) is 0 Å². The summed E-state index contributed by atoms with van der Waals surface area (Å²) in [5.41, 5.74) is 0.523. The van der Waals surface area contributed by atoms with E-state index in [0.717, 1.165) is 0 Å². The van der Waals surface area contributed by atoms with Crippen molar-refractivity contribution in [2.45, 2.75) is 5.92 Å². The Hall–Kier alpha value is -2.89. The van der Waals surface area contributed by atoms with Gasteiger partial charge in [0.05, 0.1) is 11.0 Å². The molecule has 0 fully saturated rings. The largest absolute Gasteiger partial charge is 0.492 e. The molecule has 0 aliphatic heterocycles. The molecule has 1 N–H and O–H groups in total. The molecule has 108 valence electrons. The van der Waals surface area contributed by atoms with Crippen molar-refractivity contribution in [1.82, 2.24) is 0 Å². The molecular weight excluding hydrogens is 274 g/mol. The third-order valence-electron chi connectivity index (χ3n) is 2.95. The minimum absolute atomic E-state index is 0.0967. The first kappa shape index (κ1) is 14.5. The van der Waals surface area contributed by atoms with Crippen LogP contribution in [0.2, 0.25) is 0 Å². The molecule has 0 aromatic heterocycles. The van der Waals surface area contributed by atoms with Gasteiger partial charge in [-0.3, -0.25) is 14.9 Å². The maximum atomic E-state index is 11.3. The summed E-state index contributed by atoms with van der Waals surface area (Å²) in [7, 11) is 0. The van der Waals surface area contributed by atoms with E-state index in [9.17, 15) is 20.0 Å². The minimum Gasteiger partial charge on any atom is -0.492 e. The molecule has 0 heterocycles. The third kappa shape index (κ3) is 3.79. The summed E-state index contributed by atoms with van der Waals surface area (Å²) in [6.45, 7) is -0.0967. The Morgan fingerprint density at radius 2 is 1.90 bits per heavy atom. The summed E-state index contributed by atoms with van der Waals surface area (Å²) in [4.78, 5) is 21.5. The van der Waals surface area contributed by atoms with Gasteiger partial charge in [-0.25, -0.2) is 0 Å². The monoisotopic (exact) mass is 287 g/mol. The Labute approximate surface area is 120 Å². The SMILES string of the molecule is O=C(O)C(COc1cccc([N+](=O)[O-])c1)c1ccccc1. The Kier molecular flexibility index (Phi) is 4.50. The summed E-state index contributed by atoms with van der Waals surface area (Å²) in [5.74, 6) is -1.57. The number of hydrogen-bond acceptors (Lipinski definition) is 4. The van der Waals surface area contributed by atoms with E-state index in [1.807, 2.05) is 0 Å². The first-order valence-electron chi connectivity index (χ1n) is 6.23. The van der Waals surface area contributed by atoms with Crippen LogP contribution in [0.1, 0.15) is 11.5 Å². The number of ether oxygens (including phenoxy) is 1. The number of carboxylic acids is 1. The summed E-state index contributed by atoms with van der Waals surface area (Å²) >= 11 is 0. The first-order valence-corrected chi connectivity index (χ1v) is 6.23. The van der Waals surface area contributed by atoms with Crippen LogP contribution in [0.3, 0.4) is 0 Å². The van der Waals surface area contributed by atoms with Crippen LogP contribution in [0.4, 0.5) is 5.69 Å². The molecule has 0 aliphatic rings. The second kappa shape index (κ2) is 6.51. The van der Waals surface area contributed by atoms with E-state index in [0.29, 0.717) is 5.56 Å². The fourth-order valence-electron chi connectivity index (χ4n) is 1.86. The van der Waals surface area contributed by atoms with E-state index >= 15 is 0 Å². The minimum atomic E-state index is -1.01. The third-order valence-corrected chi connectivity index (χ3v) is 2.95. The molecule has 0 bridgehead atoms. The van der Waals surface area contributed by atoms with Crippen LogP contribution in [0.5, 0.6) is 5.75 Å². The zero-order valence-electron chi connectivity index (χ0n) is 11.0. The Morgan fingerprint density at radius 1 is 1.19 bits per heavy atom. The van der Waals surface area contributed by atoms with Gasteiger partial charge in [0, 0.05) is 6.07 Å². The molecule has 0 spiro atoms. The van der Waals surface area contributed by atoms with E-state index in [4.69, 9.17) is 4.74 Å². The first-order chi connectivity index (χ1) is 10.1. The number of hydrogen-bond donors (Lipinski definition) is 1. The van der Waals surface area contributed by atoms with E-state index in [1.54, 1.807) is 36.4 Å². The zero-order chi connectivity index (χ0) is 15.2. The molecule has 21 heavy (non-hydrogen) atoms. The normalized spacial score (nSPS) is 11.6. The van der Waals surface area contributed by atoms with Crippen molar-refractivity contribution in [3.8, 4) is 5.75 Å². The van der Waals surface area contributed by atoms with Crippen LogP contribution in [-0.2, 0) is 4.79 Å². The number of benzene rings is 2. The summed E-state index contributed by atoms with van der Waals surface area (Å²) in [6.07, 6.45) is 0. The number of aliphatic carboxylic acids is 1. The number of nitro benzene ring substituents is 1. The van der Waals surface area contributed by atoms with E-state index in [-0.39, 0.29) is 18.0 Å². The van der Waals surface area contributed by atoms with Gasteiger partial charge in [0.1, 0.15) is 18.3 Å². The van der Waals surface area contributed by atoms with Gasteiger partial charge in [-0.1, -0.05) is 36.4 Å². The van der Waals surface area contributed by atoms with Crippen LogP contribution >= 0.6 is 0 Å².